The monoisotopic (exact) mass is 478 g/mol. The van der Waals surface area contributed by atoms with Crippen molar-refractivity contribution in [1.82, 2.24) is 15.5 Å². The van der Waals surface area contributed by atoms with Crippen molar-refractivity contribution >= 4 is 34.2 Å². The third kappa shape index (κ3) is 5.95. The summed E-state index contributed by atoms with van der Waals surface area (Å²) in [5.74, 6) is -0.0636. The highest BCUT2D eigenvalue weighted by Crippen LogP contribution is 2.20. The Kier molecular flexibility index (Phi) is 8.16. The molecule has 3 aromatic carbocycles. The molecule has 1 saturated heterocycles. The summed E-state index contributed by atoms with van der Waals surface area (Å²) in [7, 11) is 0. The van der Waals surface area contributed by atoms with Crippen molar-refractivity contribution in [2.75, 3.05) is 19.6 Å². The molecule has 34 heavy (non-hydrogen) atoms. The molecule has 6 nitrogen and oxygen atoms in total. The van der Waals surface area contributed by atoms with E-state index in [9.17, 15) is 9.59 Å². The number of nitrogens with two attached hydrogens (primary N) is 1. The first kappa shape index (κ1) is 24.2. The summed E-state index contributed by atoms with van der Waals surface area (Å²) in [5.41, 5.74) is 7.28. The molecular weight excluding hydrogens is 448 g/mol. The lowest BCUT2D eigenvalue weighted by Crippen LogP contribution is -2.48. The van der Waals surface area contributed by atoms with Crippen molar-refractivity contribution in [3.8, 4) is 0 Å². The Morgan fingerprint density at radius 1 is 1.09 bits per heavy atom. The summed E-state index contributed by atoms with van der Waals surface area (Å²) in [5, 5.41) is 9.31. The molecular formula is C27H31ClN4O2. The fourth-order valence-electron chi connectivity index (χ4n) is 4.41. The lowest BCUT2D eigenvalue weighted by Gasteiger charge is -2.25. The summed E-state index contributed by atoms with van der Waals surface area (Å²) in [6.45, 7) is 2.03. The summed E-state index contributed by atoms with van der Waals surface area (Å²) in [6, 6.07) is 20.9. The summed E-state index contributed by atoms with van der Waals surface area (Å²) < 4.78 is 0. The smallest absolute Gasteiger partial charge is 0.251 e. The molecule has 1 aliphatic rings. The van der Waals surface area contributed by atoms with Gasteiger partial charge in [-0.25, -0.2) is 0 Å². The minimum atomic E-state index is -0.337. The Bertz CT molecular complexity index is 1150. The predicted octanol–water partition coefficient (Wildman–Crippen LogP) is 3.72. The van der Waals surface area contributed by atoms with Gasteiger partial charge in [0.1, 0.15) is 0 Å². The van der Waals surface area contributed by atoms with Gasteiger partial charge in [-0.3, -0.25) is 9.59 Å². The van der Waals surface area contributed by atoms with E-state index in [4.69, 9.17) is 17.3 Å². The topological polar surface area (TPSA) is 87.5 Å². The molecule has 2 atom stereocenters. The van der Waals surface area contributed by atoms with E-state index >= 15 is 0 Å². The Hall–Kier alpha value is -2.93. The zero-order valence-electron chi connectivity index (χ0n) is 19.2. The second-order valence-corrected chi connectivity index (χ2v) is 9.17. The van der Waals surface area contributed by atoms with E-state index in [1.165, 1.54) is 0 Å². The first-order valence-electron chi connectivity index (χ1n) is 11.8. The molecule has 1 fully saturated rings. The second kappa shape index (κ2) is 11.5. The average molecular weight is 479 g/mol. The molecule has 1 heterocycles. The highest BCUT2D eigenvalue weighted by Gasteiger charge is 2.30. The van der Waals surface area contributed by atoms with E-state index < -0.39 is 0 Å². The lowest BCUT2D eigenvalue weighted by molar-refractivity contribution is -0.133. The number of nitrogens with zero attached hydrogens (tertiary/aromatic N) is 1. The van der Waals surface area contributed by atoms with Gasteiger partial charge in [0, 0.05) is 36.3 Å². The zero-order valence-corrected chi connectivity index (χ0v) is 19.9. The van der Waals surface area contributed by atoms with Gasteiger partial charge in [0.15, 0.2) is 0 Å². The molecule has 1 unspecified atom stereocenters. The molecule has 0 radical (unpaired) electrons. The molecule has 4 N–H and O–H groups in total. The lowest BCUT2D eigenvalue weighted by atomic mass is 10.1. The van der Waals surface area contributed by atoms with Gasteiger partial charge in [-0.15, -0.1) is 0 Å². The molecule has 178 valence electrons. The molecule has 3 aromatic rings. The highest BCUT2D eigenvalue weighted by molar-refractivity contribution is 6.31. The maximum atomic E-state index is 13.3. The molecule has 0 aliphatic carbocycles. The van der Waals surface area contributed by atoms with E-state index in [1.54, 1.807) is 0 Å². The van der Waals surface area contributed by atoms with Crippen molar-refractivity contribution in [1.29, 1.82) is 0 Å². The Morgan fingerprint density at radius 3 is 2.65 bits per heavy atom. The number of halogens is 1. The number of hydrogen-bond acceptors (Lipinski definition) is 4. The Balaban J connectivity index is 1.42. The van der Waals surface area contributed by atoms with Crippen LogP contribution >= 0.6 is 11.6 Å². The van der Waals surface area contributed by atoms with E-state index in [2.05, 4.69) is 10.6 Å². The third-order valence-electron chi connectivity index (χ3n) is 6.33. The molecule has 1 aliphatic heterocycles. The van der Waals surface area contributed by atoms with Crippen LogP contribution in [-0.4, -0.2) is 48.4 Å². The zero-order chi connectivity index (χ0) is 23.9. The van der Waals surface area contributed by atoms with Gasteiger partial charge in [0.25, 0.3) is 5.91 Å². The van der Waals surface area contributed by atoms with Crippen LogP contribution in [0.5, 0.6) is 0 Å². The fraction of sp³-hybridized carbons (Fsp3) is 0.333. The van der Waals surface area contributed by atoms with Crippen LogP contribution in [0, 0.1) is 0 Å². The molecule has 2 amide bonds. The first-order chi connectivity index (χ1) is 16.5. The van der Waals surface area contributed by atoms with E-state index in [1.807, 2.05) is 71.6 Å². The minimum Gasteiger partial charge on any atom is -0.350 e. The molecule has 0 saturated carbocycles. The van der Waals surface area contributed by atoms with E-state index in [-0.39, 0.29) is 23.9 Å². The molecule has 0 aromatic heterocycles. The summed E-state index contributed by atoms with van der Waals surface area (Å²) in [6.07, 6.45) is 2.14. The van der Waals surface area contributed by atoms with Gasteiger partial charge < -0.3 is 21.3 Å². The maximum Gasteiger partial charge on any atom is 0.251 e. The highest BCUT2D eigenvalue weighted by atomic mass is 35.5. The van der Waals surface area contributed by atoms with Crippen LogP contribution < -0.4 is 16.4 Å². The van der Waals surface area contributed by atoms with Crippen molar-refractivity contribution in [3.05, 3.63) is 82.9 Å². The van der Waals surface area contributed by atoms with Crippen molar-refractivity contribution in [2.24, 2.45) is 5.73 Å². The fourth-order valence-corrected chi connectivity index (χ4v) is 4.60. The Morgan fingerprint density at radius 2 is 1.85 bits per heavy atom. The Labute approximate surface area is 205 Å². The van der Waals surface area contributed by atoms with Crippen LogP contribution in [0.25, 0.3) is 10.8 Å². The SMILES string of the molecule is NCCC[C@@H]1NC(CNC(=O)c2ccc3ccccc3c2)CCN(Cc2ccccc2Cl)C1=O. The van der Waals surface area contributed by atoms with Gasteiger partial charge >= 0.3 is 0 Å². The standard InChI is InChI=1S/C27H31ClN4O2/c28-24-9-4-3-8-22(24)18-32-15-13-23(31-25(27(32)34)10-5-14-29)17-30-26(33)21-12-11-19-6-1-2-7-20(19)16-21/h1-4,6-9,11-12,16,23,25,31H,5,10,13-15,17-18,29H2,(H,30,33)/t23?,25-/m0/s1. The largest absolute Gasteiger partial charge is 0.350 e. The van der Waals surface area contributed by atoms with Crippen molar-refractivity contribution in [2.45, 2.75) is 37.9 Å². The molecule has 7 heteroatoms. The van der Waals surface area contributed by atoms with Crippen molar-refractivity contribution < 1.29 is 9.59 Å². The van der Waals surface area contributed by atoms with Gasteiger partial charge in [-0.1, -0.05) is 60.1 Å². The van der Waals surface area contributed by atoms with Gasteiger partial charge in [-0.05, 0) is 60.3 Å². The first-order valence-corrected chi connectivity index (χ1v) is 12.2. The number of benzene rings is 3. The molecule has 0 spiro atoms. The predicted molar refractivity (Wildman–Crippen MR) is 137 cm³/mol. The number of carbonyl (C=O) groups excluding carboxylic acids is 2. The van der Waals surface area contributed by atoms with Crippen LogP contribution in [-0.2, 0) is 11.3 Å². The molecule has 0 bridgehead atoms. The normalized spacial score (nSPS) is 18.6. The number of carbonyl (C=O) groups is 2. The van der Waals surface area contributed by atoms with E-state index in [0.29, 0.717) is 43.2 Å². The summed E-state index contributed by atoms with van der Waals surface area (Å²) >= 11 is 6.34. The number of fused-ring (bicyclic) bond motifs is 1. The average Bonchev–Trinajstić information content (AvgIpc) is 3.01. The van der Waals surface area contributed by atoms with Crippen LogP contribution in [0.3, 0.4) is 0 Å². The number of rotatable bonds is 8. The number of hydrogen-bond donors (Lipinski definition) is 3. The van der Waals surface area contributed by atoms with Gasteiger partial charge in [0.05, 0.1) is 6.04 Å². The summed E-state index contributed by atoms with van der Waals surface area (Å²) in [4.78, 5) is 28.0. The number of amides is 2. The maximum absolute atomic E-state index is 13.3. The van der Waals surface area contributed by atoms with Crippen LogP contribution in [0.1, 0.15) is 35.2 Å². The quantitative estimate of drug-likeness (QED) is 0.460. The minimum absolute atomic E-state index is 0.0209. The van der Waals surface area contributed by atoms with Gasteiger partial charge in [0.2, 0.25) is 5.91 Å². The van der Waals surface area contributed by atoms with Crippen LogP contribution in [0.15, 0.2) is 66.7 Å². The van der Waals surface area contributed by atoms with Crippen LogP contribution in [0.4, 0.5) is 0 Å². The van der Waals surface area contributed by atoms with E-state index in [0.717, 1.165) is 29.2 Å². The van der Waals surface area contributed by atoms with Crippen LogP contribution in [0.2, 0.25) is 5.02 Å². The van der Waals surface area contributed by atoms with Crippen molar-refractivity contribution in [3.63, 3.8) is 0 Å². The second-order valence-electron chi connectivity index (χ2n) is 8.76. The number of nitrogens with one attached hydrogen (secondary N) is 2. The van der Waals surface area contributed by atoms with Gasteiger partial charge in [-0.2, -0.15) is 0 Å². The third-order valence-corrected chi connectivity index (χ3v) is 6.70. The molecule has 4 rings (SSSR count).